The Morgan fingerprint density at radius 1 is 1.08 bits per heavy atom. The summed E-state index contributed by atoms with van der Waals surface area (Å²) in [7, 11) is 0. The van der Waals surface area contributed by atoms with E-state index in [-0.39, 0.29) is 0 Å². The number of hydrogen-bond acceptors (Lipinski definition) is 2. The number of halogens is 1. The third-order valence-corrected chi connectivity index (χ3v) is 2.29. The Kier molecular flexibility index (Phi) is 2.41. The highest BCUT2D eigenvalue weighted by Gasteiger charge is 2.09. The fourth-order valence-corrected chi connectivity index (χ4v) is 1.43. The first-order chi connectivity index (χ1) is 6.36. The molecule has 2 aliphatic rings. The van der Waals surface area contributed by atoms with Crippen LogP contribution in [-0.4, -0.2) is 23.1 Å². The van der Waals surface area contributed by atoms with Gasteiger partial charge in [-0.25, -0.2) is 0 Å². The number of rotatable bonds is 1. The van der Waals surface area contributed by atoms with Crippen molar-refractivity contribution in [3.05, 3.63) is 47.8 Å². The second kappa shape index (κ2) is 3.71. The minimum absolute atomic E-state index is 0.813. The number of hydrogen-bond donors (Lipinski definition) is 0. The highest BCUT2D eigenvalue weighted by molar-refractivity contribution is 6.31. The average molecular weight is 195 g/mol. The van der Waals surface area contributed by atoms with Crippen molar-refractivity contribution >= 4 is 11.6 Å². The van der Waals surface area contributed by atoms with E-state index >= 15 is 0 Å². The Bertz CT molecular complexity index is 302. The van der Waals surface area contributed by atoms with Gasteiger partial charge in [-0.1, -0.05) is 23.8 Å². The van der Waals surface area contributed by atoms with E-state index in [0.717, 1.165) is 18.1 Å². The average Bonchev–Trinajstić information content (AvgIpc) is 2.20. The largest absolute Gasteiger partial charge is 0.289 e. The van der Waals surface area contributed by atoms with Crippen LogP contribution in [0.25, 0.3) is 0 Å². The topological polar surface area (TPSA) is 6.48 Å². The van der Waals surface area contributed by atoms with E-state index < -0.39 is 0 Å². The van der Waals surface area contributed by atoms with Crippen molar-refractivity contribution in [2.45, 2.75) is 0 Å². The first kappa shape index (κ1) is 8.45. The molecule has 68 valence electrons. The van der Waals surface area contributed by atoms with Crippen molar-refractivity contribution in [2.75, 3.05) is 13.1 Å². The van der Waals surface area contributed by atoms with Crippen LogP contribution in [0.5, 0.6) is 0 Å². The van der Waals surface area contributed by atoms with E-state index in [1.807, 2.05) is 30.5 Å². The Hall–Kier alpha value is -1.15. The summed E-state index contributed by atoms with van der Waals surface area (Å²) in [6, 6.07) is 0. The molecule has 2 aliphatic heterocycles. The van der Waals surface area contributed by atoms with Crippen LogP contribution in [0.15, 0.2) is 47.8 Å². The van der Waals surface area contributed by atoms with Crippen LogP contribution < -0.4 is 0 Å². The van der Waals surface area contributed by atoms with Gasteiger partial charge in [0.25, 0.3) is 0 Å². The normalized spacial score (nSPS) is 20.8. The van der Waals surface area contributed by atoms with E-state index in [9.17, 15) is 0 Å². The third-order valence-electron chi connectivity index (χ3n) is 2.01. The molecule has 0 aromatic heterocycles. The molecule has 0 fully saturated rings. The minimum Gasteiger partial charge on any atom is -0.289 e. The summed E-state index contributed by atoms with van der Waals surface area (Å²) in [5, 5.41) is 5.06. The van der Waals surface area contributed by atoms with E-state index in [1.165, 1.54) is 0 Å². The van der Waals surface area contributed by atoms with E-state index in [2.05, 4.69) is 22.3 Å². The number of allylic oxidation sites excluding steroid dienone is 4. The molecule has 0 radical (unpaired) electrons. The third kappa shape index (κ3) is 1.95. The molecule has 0 bridgehead atoms. The summed E-state index contributed by atoms with van der Waals surface area (Å²) < 4.78 is 0. The molecule has 3 heteroatoms. The van der Waals surface area contributed by atoms with Crippen molar-refractivity contribution in [3.63, 3.8) is 0 Å². The zero-order valence-electron chi connectivity index (χ0n) is 7.23. The standard InChI is InChI=1S/C10H11ClN2/c11-10-4-8-13(9-5-10)12-6-2-1-3-7-12/h1-6,8H,7,9H2. The van der Waals surface area contributed by atoms with Crippen LogP contribution in [0.2, 0.25) is 0 Å². The number of nitrogens with zero attached hydrogens (tertiary/aromatic N) is 2. The number of hydrazine groups is 1. The highest BCUT2D eigenvalue weighted by Crippen LogP contribution is 2.13. The van der Waals surface area contributed by atoms with Gasteiger partial charge in [0.05, 0.1) is 13.1 Å². The van der Waals surface area contributed by atoms with Gasteiger partial charge in [0.1, 0.15) is 0 Å². The zero-order valence-corrected chi connectivity index (χ0v) is 7.98. The van der Waals surface area contributed by atoms with Gasteiger partial charge in [-0.05, 0) is 18.2 Å². The second-order valence-corrected chi connectivity index (χ2v) is 3.35. The van der Waals surface area contributed by atoms with Gasteiger partial charge < -0.3 is 0 Å². The Balaban J connectivity index is 2.00. The zero-order chi connectivity index (χ0) is 9.10. The van der Waals surface area contributed by atoms with Crippen LogP contribution in [-0.2, 0) is 0 Å². The molecule has 0 spiro atoms. The molecule has 2 nitrogen and oxygen atoms in total. The molecule has 0 atom stereocenters. The Labute approximate surface area is 83.0 Å². The van der Waals surface area contributed by atoms with Gasteiger partial charge in [0.15, 0.2) is 0 Å². The molecule has 0 saturated carbocycles. The maximum atomic E-state index is 5.82. The lowest BCUT2D eigenvalue weighted by molar-refractivity contribution is 0.102. The first-order valence-corrected chi connectivity index (χ1v) is 4.64. The van der Waals surface area contributed by atoms with Crippen LogP contribution >= 0.6 is 11.6 Å². The van der Waals surface area contributed by atoms with Gasteiger partial charge in [0.2, 0.25) is 0 Å². The lowest BCUT2D eigenvalue weighted by atomic mass is 10.3. The summed E-state index contributed by atoms with van der Waals surface area (Å²) in [5.41, 5.74) is 0. The minimum atomic E-state index is 0.813. The molecular formula is C10H11ClN2. The SMILES string of the molecule is ClC1=CCN(N2C=CC=CC2)C=C1. The van der Waals surface area contributed by atoms with Crippen molar-refractivity contribution in [1.29, 1.82) is 0 Å². The van der Waals surface area contributed by atoms with Crippen molar-refractivity contribution in [2.24, 2.45) is 0 Å². The monoisotopic (exact) mass is 194 g/mol. The lowest BCUT2D eigenvalue weighted by Gasteiger charge is -2.33. The fourth-order valence-electron chi connectivity index (χ4n) is 1.31. The molecule has 0 aliphatic carbocycles. The quantitative estimate of drug-likeness (QED) is 0.632. The molecule has 0 unspecified atom stereocenters. The predicted molar refractivity (Wildman–Crippen MR) is 54.8 cm³/mol. The van der Waals surface area contributed by atoms with Crippen molar-refractivity contribution < 1.29 is 0 Å². The van der Waals surface area contributed by atoms with Crippen LogP contribution in [0, 0.1) is 0 Å². The molecule has 0 amide bonds. The van der Waals surface area contributed by atoms with Gasteiger partial charge in [-0.15, -0.1) is 0 Å². The Morgan fingerprint density at radius 2 is 1.92 bits per heavy atom. The van der Waals surface area contributed by atoms with Crippen molar-refractivity contribution in [3.8, 4) is 0 Å². The molecule has 2 rings (SSSR count). The molecule has 2 heterocycles. The van der Waals surface area contributed by atoms with Crippen molar-refractivity contribution in [1.82, 2.24) is 10.0 Å². The van der Waals surface area contributed by atoms with Crippen LogP contribution in [0.3, 0.4) is 0 Å². The molecule has 0 aromatic carbocycles. The van der Waals surface area contributed by atoms with Crippen LogP contribution in [0.4, 0.5) is 0 Å². The molecule has 13 heavy (non-hydrogen) atoms. The second-order valence-electron chi connectivity index (χ2n) is 2.92. The lowest BCUT2D eigenvalue weighted by Crippen LogP contribution is -2.36. The maximum absolute atomic E-state index is 5.82. The van der Waals surface area contributed by atoms with Gasteiger partial charge in [-0.3, -0.25) is 10.0 Å². The van der Waals surface area contributed by atoms with E-state index in [4.69, 9.17) is 11.6 Å². The highest BCUT2D eigenvalue weighted by atomic mass is 35.5. The van der Waals surface area contributed by atoms with Gasteiger partial charge >= 0.3 is 0 Å². The predicted octanol–water partition coefficient (Wildman–Crippen LogP) is 2.24. The van der Waals surface area contributed by atoms with E-state index in [0.29, 0.717) is 0 Å². The van der Waals surface area contributed by atoms with Crippen LogP contribution in [0.1, 0.15) is 0 Å². The van der Waals surface area contributed by atoms with Gasteiger partial charge in [0, 0.05) is 17.4 Å². The molecule has 0 N–H and O–H groups in total. The summed E-state index contributed by atoms with van der Waals surface area (Å²) in [4.78, 5) is 0. The fraction of sp³-hybridized carbons (Fsp3) is 0.200. The van der Waals surface area contributed by atoms with Gasteiger partial charge in [-0.2, -0.15) is 0 Å². The smallest absolute Gasteiger partial charge is 0.0587 e. The summed E-state index contributed by atoms with van der Waals surface area (Å²) >= 11 is 5.82. The summed E-state index contributed by atoms with van der Waals surface area (Å²) in [6.07, 6.45) is 14.1. The molecule has 0 aromatic rings. The maximum Gasteiger partial charge on any atom is 0.0587 e. The van der Waals surface area contributed by atoms with E-state index in [1.54, 1.807) is 0 Å². The summed E-state index contributed by atoms with van der Waals surface area (Å²) in [6.45, 7) is 1.76. The first-order valence-electron chi connectivity index (χ1n) is 4.27. The molecule has 0 saturated heterocycles. The molecular weight excluding hydrogens is 184 g/mol. The Morgan fingerprint density at radius 3 is 2.54 bits per heavy atom. The summed E-state index contributed by atoms with van der Waals surface area (Å²) in [5.74, 6) is 0.